The second kappa shape index (κ2) is 24.0. The van der Waals surface area contributed by atoms with Crippen molar-refractivity contribution in [2.45, 2.75) is 48.5 Å². The highest BCUT2D eigenvalue weighted by atomic mass is 16.2. The molecular weight excluding hydrogens is 220 g/mol. The molecule has 0 aliphatic heterocycles. The lowest BCUT2D eigenvalue weighted by Gasteiger charge is -1.88. The number of rotatable bonds is 1. The maximum atomic E-state index is 9.93. The molecule has 5 heteroatoms. The molecule has 0 atom stereocenters. The van der Waals surface area contributed by atoms with Crippen molar-refractivity contribution in [3.63, 3.8) is 0 Å². The maximum absolute atomic E-state index is 9.93. The van der Waals surface area contributed by atoms with Gasteiger partial charge in [0.1, 0.15) is 5.78 Å². The Kier molecular flexibility index (Phi) is 35.0. The largest absolute Gasteiger partial charge is 0.359 e. The number of carbonyl (C=O) groups is 3. The zero-order chi connectivity index (χ0) is 14.9. The number of nitrogens with one attached hydrogen (secondary N) is 2. The fourth-order valence-corrected chi connectivity index (χ4v) is 0.249. The Morgan fingerprint density at radius 3 is 1.12 bits per heavy atom. The summed E-state index contributed by atoms with van der Waals surface area (Å²) in [5.74, 6) is 0.211. The summed E-state index contributed by atoms with van der Waals surface area (Å²) in [7, 11) is 1.60. The summed E-state index contributed by atoms with van der Waals surface area (Å²) < 4.78 is 0. The molecule has 0 bridgehead atoms. The number of hydrogen-bond acceptors (Lipinski definition) is 3. The molecule has 0 aromatic heterocycles. The fourth-order valence-electron chi connectivity index (χ4n) is 0.249. The summed E-state index contributed by atoms with van der Waals surface area (Å²) in [6, 6.07) is 0. The molecular formula is C12H28N2O3. The summed E-state index contributed by atoms with van der Waals surface area (Å²) in [5.41, 5.74) is 0. The second-order valence-electron chi connectivity index (χ2n) is 2.80. The third kappa shape index (κ3) is 178. The van der Waals surface area contributed by atoms with Crippen LogP contribution in [0.1, 0.15) is 48.5 Å². The van der Waals surface area contributed by atoms with Crippen molar-refractivity contribution in [3.8, 4) is 0 Å². The van der Waals surface area contributed by atoms with Crippen LogP contribution in [0.2, 0.25) is 0 Å². The van der Waals surface area contributed by atoms with Crippen LogP contribution in [-0.4, -0.2) is 31.2 Å². The minimum Gasteiger partial charge on any atom is -0.359 e. The standard InChI is InChI=1S/C4H9NO.C3H7NO.C3H6O.C2H6/c1-3-5-4(2)6;1-3(5)4-2;1-3(2)4;1-2/h3H2,1-2H3,(H,5,6);1-2H3,(H,4,5);1-2H3;1-2H3. The van der Waals surface area contributed by atoms with E-state index in [1.54, 1.807) is 7.05 Å². The molecule has 17 heavy (non-hydrogen) atoms. The fraction of sp³-hybridized carbons (Fsp3) is 0.750. The summed E-state index contributed by atoms with van der Waals surface area (Å²) in [5, 5.41) is 4.96. The van der Waals surface area contributed by atoms with Crippen molar-refractivity contribution < 1.29 is 14.4 Å². The minimum absolute atomic E-state index is 0.00463. The number of carbonyl (C=O) groups excluding carboxylic acids is 3. The highest BCUT2D eigenvalue weighted by Gasteiger charge is 1.79. The van der Waals surface area contributed by atoms with E-state index in [0.717, 1.165) is 6.54 Å². The lowest BCUT2D eigenvalue weighted by Crippen LogP contribution is -2.18. The molecule has 2 N–H and O–H groups in total. The van der Waals surface area contributed by atoms with Gasteiger partial charge in [0.15, 0.2) is 0 Å². The van der Waals surface area contributed by atoms with E-state index in [9.17, 15) is 14.4 Å². The molecule has 5 nitrogen and oxygen atoms in total. The molecule has 0 radical (unpaired) electrons. The van der Waals surface area contributed by atoms with Gasteiger partial charge in [0.05, 0.1) is 0 Å². The average Bonchev–Trinajstić information content (AvgIpc) is 2.20. The highest BCUT2D eigenvalue weighted by molar-refractivity contribution is 5.72. The molecule has 2 amide bonds. The Hall–Kier alpha value is -1.39. The average molecular weight is 248 g/mol. The Labute approximate surface area is 105 Å². The molecule has 0 aliphatic rings. The van der Waals surface area contributed by atoms with Gasteiger partial charge in [-0.15, -0.1) is 0 Å². The van der Waals surface area contributed by atoms with Crippen LogP contribution in [0.3, 0.4) is 0 Å². The number of ketones is 1. The molecule has 0 spiro atoms. The molecule has 0 aromatic carbocycles. The van der Waals surface area contributed by atoms with E-state index in [-0.39, 0.29) is 17.6 Å². The monoisotopic (exact) mass is 248 g/mol. The smallest absolute Gasteiger partial charge is 0.216 e. The predicted octanol–water partition coefficient (Wildman–Crippen LogP) is 1.52. The number of hydrogen-bond donors (Lipinski definition) is 2. The molecule has 0 rings (SSSR count). The number of Topliss-reactive ketones (excluding diaryl/α,β-unsaturated/α-hetero) is 1. The van der Waals surface area contributed by atoms with Gasteiger partial charge in [-0.1, -0.05) is 13.8 Å². The van der Waals surface area contributed by atoms with Crippen molar-refractivity contribution in [1.82, 2.24) is 10.6 Å². The van der Waals surface area contributed by atoms with Crippen LogP contribution < -0.4 is 10.6 Å². The van der Waals surface area contributed by atoms with E-state index in [1.807, 2.05) is 20.8 Å². The minimum atomic E-state index is 0.00463. The zero-order valence-corrected chi connectivity index (χ0v) is 12.4. The summed E-state index contributed by atoms with van der Waals surface area (Å²) in [6.45, 7) is 12.7. The van der Waals surface area contributed by atoms with Crippen LogP contribution in [-0.2, 0) is 14.4 Å². The quantitative estimate of drug-likeness (QED) is 0.738. The van der Waals surface area contributed by atoms with Gasteiger partial charge in [-0.2, -0.15) is 0 Å². The first-order valence-corrected chi connectivity index (χ1v) is 5.67. The van der Waals surface area contributed by atoms with Crippen LogP contribution in [0.4, 0.5) is 0 Å². The third-order valence-electron chi connectivity index (χ3n) is 0.778. The molecule has 0 aliphatic carbocycles. The third-order valence-corrected chi connectivity index (χ3v) is 0.778. The molecule has 0 aromatic rings. The first kappa shape index (κ1) is 24.7. The lowest BCUT2D eigenvalue weighted by molar-refractivity contribution is -0.119. The van der Waals surface area contributed by atoms with Gasteiger partial charge in [0.2, 0.25) is 11.8 Å². The van der Waals surface area contributed by atoms with Crippen molar-refractivity contribution >= 4 is 17.6 Å². The Morgan fingerprint density at radius 2 is 1.12 bits per heavy atom. The topological polar surface area (TPSA) is 75.3 Å². The molecule has 0 saturated heterocycles. The van der Waals surface area contributed by atoms with E-state index in [1.165, 1.54) is 27.7 Å². The molecule has 0 saturated carbocycles. The van der Waals surface area contributed by atoms with Crippen LogP contribution in [0.25, 0.3) is 0 Å². The highest BCUT2D eigenvalue weighted by Crippen LogP contribution is 1.54. The lowest BCUT2D eigenvalue weighted by atomic mass is 10.6. The van der Waals surface area contributed by atoms with E-state index in [2.05, 4.69) is 10.6 Å². The Morgan fingerprint density at radius 1 is 0.882 bits per heavy atom. The van der Waals surface area contributed by atoms with Gasteiger partial charge in [0, 0.05) is 27.4 Å². The van der Waals surface area contributed by atoms with Gasteiger partial charge < -0.3 is 15.4 Å². The predicted molar refractivity (Wildman–Crippen MR) is 71.8 cm³/mol. The van der Waals surface area contributed by atoms with Gasteiger partial charge in [-0.25, -0.2) is 0 Å². The van der Waals surface area contributed by atoms with E-state index in [0.29, 0.717) is 0 Å². The van der Waals surface area contributed by atoms with Gasteiger partial charge in [0.25, 0.3) is 0 Å². The molecule has 104 valence electrons. The SMILES string of the molecule is CC.CC(C)=O.CCNC(C)=O.CNC(C)=O. The maximum Gasteiger partial charge on any atom is 0.216 e. The van der Waals surface area contributed by atoms with Crippen LogP contribution in [0.5, 0.6) is 0 Å². The van der Waals surface area contributed by atoms with E-state index >= 15 is 0 Å². The van der Waals surface area contributed by atoms with Crippen LogP contribution in [0, 0.1) is 0 Å². The van der Waals surface area contributed by atoms with Crippen molar-refractivity contribution in [2.24, 2.45) is 0 Å². The van der Waals surface area contributed by atoms with Gasteiger partial charge in [-0.05, 0) is 20.8 Å². The Balaban J connectivity index is -0.0000000705. The van der Waals surface area contributed by atoms with E-state index in [4.69, 9.17) is 0 Å². The summed E-state index contributed by atoms with van der Waals surface area (Å²) >= 11 is 0. The zero-order valence-electron chi connectivity index (χ0n) is 12.4. The van der Waals surface area contributed by atoms with E-state index < -0.39 is 0 Å². The second-order valence-corrected chi connectivity index (χ2v) is 2.80. The van der Waals surface area contributed by atoms with Crippen molar-refractivity contribution in [3.05, 3.63) is 0 Å². The van der Waals surface area contributed by atoms with Crippen LogP contribution >= 0.6 is 0 Å². The molecule has 0 heterocycles. The van der Waals surface area contributed by atoms with Gasteiger partial charge in [-0.3, -0.25) is 9.59 Å². The normalized spacial score (nSPS) is 6.59. The van der Waals surface area contributed by atoms with Crippen molar-refractivity contribution in [2.75, 3.05) is 13.6 Å². The Bertz CT molecular complexity index is 188. The summed E-state index contributed by atoms with van der Waals surface area (Å²) in [6.07, 6.45) is 0. The van der Waals surface area contributed by atoms with Gasteiger partial charge >= 0.3 is 0 Å². The van der Waals surface area contributed by atoms with Crippen molar-refractivity contribution in [1.29, 1.82) is 0 Å². The molecule has 0 fully saturated rings. The number of amides is 2. The van der Waals surface area contributed by atoms with Crippen LogP contribution in [0.15, 0.2) is 0 Å². The first-order valence-electron chi connectivity index (χ1n) is 5.67. The summed E-state index contributed by atoms with van der Waals surface area (Å²) in [4.78, 5) is 29.1. The molecule has 0 unspecified atom stereocenters. The first-order chi connectivity index (χ1) is 7.77.